The lowest BCUT2D eigenvalue weighted by molar-refractivity contribution is -0.0256. The van der Waals surface area contributed by atoms with Gasteiger partial charge in [-0.2, -0.15) is 0 Å². The average Bonchev–Trinajstić information content (AvgIpc) is 2.66. The number of aliphatic imine (C=N–C) groups is 1. The summed E-state index contributed by atoms with van der Waals surface area (Å²) in [5, 5.41) is 11.9. The van der Waals surface area contributed by atoms with Crippen LogP contribution in [0.1, 0.15) is 5.56 Å². The van der Waals surface area contributed by atoms with Crippen LogP contribution in [0.5, 0.6) is 0 Å². The van der Waals surface area contributed by atoms with E-state index in [0.717, 1.165) is 16.4 Å². The van der Waals surface area contributed by atoms with Gasteiger partial charge in [0.25, 0.3) is 0 Å². The van der Waals surface area contributed by atoms with E-state index in [0.29, 0.717) is 17.3 Å². The van der Waals surface area contributed by atoms with E-state index in [1.807, 2.05) is 23.1 Å². The molecule has 2 heterocycles. The molecule has 1 atom stereocenters. The fourth-order valence-electron chi connectivity index (χ4n) is 2.00. The van der Waals surface area contributed by atoms with Gasteiger partial charge in [0.2, 0.25) is 0 Å². The second-order valence-electron chi connectivity index (χ2n) is 4.12. The molecule has 0 aliphatic carbocycles. The van der Waals surface area contributed by atoms with Gasteiger partial charge in [-0.15, -0.1) is 11.6 Å². The molecule has 90 valence electrons. The van der Waals surface area contributed by atoms with Gasteiger partial charge < -0.3 is 10.0 Å². The molecule has 1 aromatic rings. The van der Waals surface area contributed by atoms with Crippen LogP contribution in [-0.4, -0.2) is 32.5 Å². The smallest absolute Gasteiger partial charge is 0.167 e. The summed E-state index contributed by atoms with van der Waals surface area (Å²) >= 11 is 13.5. The number of aliphatic hydroxyl groups is 1. The molecule has 1 unspecified atom stereocenters. The summed E-state index contributed by atoms with van der Waals surface area (Å²) in [5.74, 6) is 0.708. The van der Waals surface area contributed by atoms with Crippen LogP contribution in [0.2, 0.25) is 5.02 Å². The fourth-order valence-corrected chi connectivity index (χ4v) is 3.75. The van der Waals surface area contributed by atoms with Gasteiger partial charge in [-0.3, -0.25) is 0 Å². The number of rotatable bonds is 1. The third-order valence-corrected chi connectivity index (χ3v) is 4.96. The van der Waals surface area contributed by atoms with Crippen LogP contribution in [0.25, 0.3) is 0 Å². The first-order valence-corrected chi connectivity index (χ1v) is 7.09. The molecule has 17 heavy (non-hydrogen) atoms. The summed E-state index contributed by atoms with van der Waals surface area (Å²) < 4.78 is 0. The molecule has 1 N–H and O–H groups in total. The molecule has 0 spiro atoms. The standard InChI is InChI=1S/C11H10Cl2N2OS/c12-5-11(16)6-17-10-14-9-3-1-2-8(13)7(9)4-15(10)11/h1-3,16H,4-6H2. The number of amidine groups is 1. The van der Waals surface area contributed by atoms with Crippen molar-refractivity contribution in [1.29, 1.82) is 0 Å². The van der Waals surface area contributed by atoms with E-state index in [1.54, 1.807) is 0 Å². The number of hydrogen-bond donors (Lipinski definition) is 1. The van der Waals surface area contributed by atoms with Gasteiger partial charge in [0.1, 0.15) is 0 Å². The zero-order chi connectivity index (χ0) is 12.0. The minimum Gasteiger partial charge on any atom is -0.369 e. The first-order valence-electron chi connectivity index (χ1n) is 5.19. The van der Waals surface area contributed by atoms with E-state index >= 15 is 0 Å². The lowest BCUT2D eigenvalue weighted by Crippen LogP contribution is -2.49. The fraction of sp³-hybridized carbons (Fsp3) is 0.364. The Morgan fingerprint density at radius 2 is 2.35 bits per heavy atom. The summed E-state index contributed by atoms with van der Waals surface area (Å²) in [5.41, 5.74) is 0.820. The quantitative estimate of drug-likeness (QED) is 0.808. The predicted molar refractivity (Wildman–Crippen MR) is 72.2 cm³/mol. The molecular formula is C11H10Cl2N2OS. The highest BCUT2D eigenvalue weighted by atomic mass is 35.5. The second kappa shape index (κ2) is 4.05. The summed E-state index contributed by atoms with van der Waals surface area (Å²) in [6, 6.07) is 5.66. The molecule has 0 aromatic heterocycles. The van der Waals surface area contributed by atoms with Gasteiger partial charge in [-0.1, -0.05) is 29.4 Å². The van der Waals surface area contributed by atoms with Gasteiger partial charge >= 0.3 is 0 Å². The third kappa shape index (κ3) is 1.74. The Hall–Kier alpha value is -0.420. The topological polar surface area (TPSA) is 35.8 Å². The van der Waals surface area contributed by atoms with E-state index < -0.39 is 5.72 Å². The molecule has 6 heteroatoms. The number of alkyl halides is 1. The van der Waals surface area contributed by atoms with Crippen LogP contribution < -0.4 is 0 Å². The Bertz CT molecular complexity index is 508. The molecule has 0 radical (unpaired) electrons. The van der Waals surface area contributed by atoms with Crippen molar-refractivity contribution in [3.05, 3.63) is 28.8 Å². The van der Waals surface area contributed by atoms with Crippen molar-refractivity contribution in [2.45, 2.75) is 12.3 Å². The Balaban J connectivity index is 2.07. The van der Waals surface area contributed by atoms with Crippen molar-refractivity contribution < 1.29 is 5.11 Å². The Morgan fingerprint density at radius 1 is 1.53 bits per heavy atom. The molecule has 0 saturated carbocycles. The second-order valence-corrected chi connectivity index (χ2v) is 5.74. The van der Waals surface area contributed by atoms with E-state index in [9.17, 15) is 5.11 Å². The molecule has 3 rings (SSSR count). The van der Waals surface area contributed by atoms with Crippen molar-refractivity contribution in [1.82, 2.24) is 4.90 Å². The zero-order valence-corrected chi connectivity index (χ0v) is 11.2. The minimum atomic E-state index is -1.01. The summed E-state index contributed by atoms with van der Waals surface area (Å²) in [6.45, 7) is 0.560. The number of thioether (sulfide) groups is 1. The third-order valence-electron chi connectivity index (χ3n) is 3.01. The van der Waals surface area contributed by atoms with Crippen LogP contribution >= 0.6 is 35.0 Å². The molecule has 1 fully saturated rings. The highest BCUT2D eigenvalue weighted by molar-refractivity contribution is 8.14. The van der Waals surface area contributed by atoms with Crippen LogP contribution in [0, 0.1) is 0 Å². The highest BCUT2D eigenvalue weighted by Gasteiger charge is 2.44. The van der Waals surface area contributed by atoms with Gasteiger partial charge in [-0.05, 0) is 12.1 Å². The largest absolute Gasteiger partial charge is 0.369 e. The maximum atomic E-state index is 10.4. The summed E-state index contributed by atoms with van der Waals surface area (Å²) in [6.07, 6.45) is 0. The maximum Gasteiger partial charge on any atom is 0.167 e. The van der Waals surface area contributed by atoms with E-state index in [2.05, 4.69) is 4.99 Å². The van der Waals surface area contributed by atoms with E-state index in [1.165, 1.54) is 11.8 Å². The van der Waals surface area contributed by atoms with Crippen molar-refractivity contribution in [3.8, 4) is 0 Å². The Kier molecular flexibility index (Phi) is 2.78. The molecule has 2 aliphatic rings. The summed E-state index contributed by atoms with van der Waals surface area (Å²) in [7, 11) is 0. The number of fused-ring (bicyclic) bond motifs is 2. The average molecular weight is 289 g/mol. The Morgan fingerprint density at radius 3 is 3.12 bits per heavy atom. The lowest BCUT2D eigenvalue weighted by atomic mass is 10.1. The van der Waals surface area contributed by atoms with Crippen molar-refractivity contribution >= 4 is 45.8 Å². The van der Waals surface area contributed by atoms with Crippen LogP contribution in [-0.2, 0) is 6.54 Å². The van der Waals surface area contributed by atoms with Crippen LogP contribution in [0.3, 0.4) is 0 Å². The first-order chi connectivity index (χ1) is 8.14. The molecule has 0 bridgehead atoms. The lowest BCUT2D eigenvalue weighted by Gasteiger charge is -2.35. The minimum absolute atomic E-state index is 0.165. The highest BCUT2D eigenvalue weighted by Crippen LogP contribution is 2.41. The maximum absolute atomic E-state index is 10.4. The predicted octanol–water partition coefficient (Wildman–Crippen LogP) is 2.82. The number of nitrogens with zero attached hydrogens (tertiary/aromatic N) is 2. The van der Waals surface area contributed by atoms with Gasteiger partial charge in [0.15, 0.2) is 10.9 Å². The summed E-state index contributed by atoms with van der Waals surface area (Å²) in [4.78, 5) is 6.35. The Labute approximate surface area is 113 Å². The normalized spacial score (nSPS) is 26.5. The van der Waals surface area contributed by atoms with Crippen molar-refractivity contribution in [2.24, 2.45) is 4.99 Å². The molecule has 2 aliphatic heterocycles. The number of halogens is 2. The molecular weight excluding hydrogens is 279 g/mol. The molecule has 1 saturated heterocycles. The van der Waals surface area contributed by atoms with Crippen molar-refractivity contribution in [3.63, 3.8) is 0 Å². The SMILES string of the molecule is OC1(CCl)CSC2=Nc3cccc(Cl)c3CN21. The number of hydrogen-bond acceptors (Lipinski definition) is 4. The van der Waals surface area contributed by atoms with Crippen LogP contribution in [0.4, 0.5) is 5.69 Å². The monoisotopic (exact) mass is 288 g/mol. The zero-order valence-electron chi connectivity index (χ0n) is 8.86. The first kappa shape index (κ1) is 11.7. The molecule has 0 amide bonds. The van der Waals surface area contributed by atoms with Gasteiger partial charge in [0.05, 0.1) is 23.9 Å². The molecule has 3 nitrogen and oxygen atoms in total. The van der Waals surface area contributed by atoms with E-state index in [-0.39, 0.29) is 5.88 Å². The number of benzene rings is 1. The molecule has 1 aromatic carbocycles. The van der Waals surface area contributed by atoms with Gasteiger partial charge in [-0.25, -0.2) is 4.99 Å². The van der Waals surface area contributed by atoms with Crippen LogP contribution in [0.15, 0.2) is 23.2 Å². The van der Waals surface area contributed by atoms with Crippen molar-refractivity contribution in [2.75, 3.05) is 11.6 Å². The van der Waals surface area contributed by atoms with E-state index in [4.69, 9.17) is 23.2 Å². The van der Waals surface area contributed by atoms with Gasteiger partial charge in [0, 0.05) is 10.6 Å².